The quantitative estimate of drug-likeness (QED) is 0.712. The molecule has 0 aromatic heterocycles. The predicted octanol–water partition coefficient (Wildman–Crippen LogP) is 1.02. The zero-order valence-corrected chi connectivity index (χ0v) is 9.70. The topological polar surface area (TPSA) is 83.5 Å². The fraction of sp³-hybridized carbons (Fsp3) is 0.417. The molecule has 1 aromatic rings. The van der Waals surface area contributed by atoms with E-state index in [2.05, 4.69) is 0 Å². The Hall–Kier alpha value is -1.53. The van der Waals surface area contributed by atoms with Gasteiger partial charge in [0.15, 0.2) is 0 Å². The lowest BCUT2D eigenvalue weighted by molar-refractivity contribution is -0.143. The first-order valence-corrected chi connectivity index (χ1v) is 5.47. The standard InChI is InChI=1S/C12H15F2NO3/c13-9-4-8(5-10(14)6-9)12(7-15,11(17)18)2-1-3-16/h4-6,16H,1-3,7,15H2,(H,17,18). The van der Waals surface area contributed by atoms with E-state index >= 15 is 0 Å². The van der Waals surface area contributed by atoms with Crippen molar-refractivity contribution in [3.63, 3.8) is 0 Å². The second-order valence-corrected chi connectivity index (χ2v) is 4.08. The van der Waals surface area contributed by atoms with E-state index in [1.54, 1.807) is 0 Å². The van der Waals surface area contributed by atoms with Crippen molar-refractivity contribution < 1.29 is 23.8 Å². The highest BCUT2D eigenvalue weighted by atomic mass is 19.1. The number of halogens is 2. The van der Waals surface area contributed by atoms with Crippen LogP contribution < -0.4 is 5.73 Å². The van der Waals surface area contributed by atoms with Crippen LogP contribution in [-0.4, -0.2) is 29.3 Å². The summed E-state index contributed by atoms with van der Waals surface area (Å²) in [5, 5.41) is 18.1. The number of hydrogen-bond acceptors (Lipinski definition) is 3. The van der Waals surface area contributed by atoms with Crippen molar-refractivity contribution >= 4 is 5.97 Å². The normalized spacial score (nSPS) is 14.2. The molecule has 1 unspecified atom stereocenters. The zero-order valence-electron chi connectivity index (χ0n) is 9.70. The molecule has 1 aromatic carbocycles. The minimum atomic E-state index is -1.58. The van der Waals surface area contributed by atoms with Gasteiger partial charge in [-0.3, -0.25) is 4.79 Å². The van der Waals surface area contributed by atoms with Crippen LogP contribution in [0.5, 0.6) is 0 Å². The molecule has 0 aliphatic carbocycles. The van der Waals surface area contributed by atoms with Crippen molar-refractivity contribution in [3.8, 4) is 0 Å². The van der Waals surface area contributed by atoms with Crippen LogP contribution in [0.3, 0.4) is 0 Å². The predicted molar refractivity (Wildman–Crippen MR) is 61.0 cm³/mol. The molecule has 18 heavy (non-hydrogen) atoms. The van der Waals surface area contributed by atoms with Crippen molar-refractivity contribution in [3.05, 3.63) is 35.4 Å². The van der Waals surface area contributed by atoms with Crippen LogP contribution in [0.2, 0.25) is 0 Å². The van der Waals surface area contributed by atoms with Crippen molar-refractivity contribution in [1.82, 2.24) is 0 Å². The van der Waals surface area contributed by atoms with E-state index in [0.29, 0.717) is 6.07 Å². The Labute approximate surface area is 103 Å². The van der Waals surface area contributed by atoms with E-state index in [1.807, 2.05) is 0 Å². The molecule has 0 radical (unpaired) electrons. The summed E-state index contributed by atoms with van der Waals surface area (Å²) < 4.78 is 26.3. The third kappa shape index (κ3) is 2.83. The number of aliphatic carboxylic acids is 1. The van der Waals surface area contributed by atoms with E-state index in [4.69, 9.17) is 10.8 Å². The van der Waals surface area contributed by atoms with E-state index in [1.165, 1.54) is 0 Å². The second kappa shape index (κ2) is 5.88. The molecule has 4 N–H and O–H groups in total. The number of aliphatic hydroxyl groups is 1. The maximum atomic E-state index is 13.2. The average Bonchev–Trinajstić information content (AvgIpc) is 2.29. The zero-order chi connectivity index (χ0) is 13.8. The molecule has 0 bridgehead atoms. The van der Waals surface area contributed by atoms with Gasteiger partial charge in [0.25, 0.3) is 0 Å². The lowest BCUT2D eigenvalue weighted by atomic mass is 9.76. The first-order valence-electron chi connectivity index (χ1n) is 5.47. The Bertz CT molecular complexity index is 419. The maximum absolute atomic E-state index is 13.2. The molecule has 0 saturated heterocycles. The smallest absolute Gasteiger partial charge is 0.315 e. The molecular formula is C12H15F2NO3. The molecule has 1 rings (SSSR count). The van der Waals surface area contributed by atoms with Crippen LogP contribution in [0.25, 0.3) is 0 Å². The SMILES string of the molecule is NCC(CCCO)(C(=O)O)c1cc(F)cc(F)c1. The molecule has 0 aliphatic rings. The van der Waals surface area contributed by atoms with Crippen molar-refractivity contribution in [2.45, 2.75) is 18.3 Å². The third-order valence-corrected chi connectivity index (χ3v) is 2.93. The summed E-state index contributed by atoms with van der Waals surface area (Å²) >= 11 is 0. The molecule has 0 amide bonds. The summed E-state index contributed by atoms with van der Waals surface area (Å²) in [5.41, 5.74) is 3.87. The number of benzene rings is 1. The largest absolute Gasteiger partial charge is 0.481 e. The van der Waals surface area contributed by atoms with Gasteiger partial charge in [-0.15, -0.1) is 0 Å². The number of rotatable bonds is 6. The first-order chi connectivity index (χ1) is 8.46. The number of carboxylic acid groups (broad SMARTS) is 1. The van der Waals surface area contributed by atoms with Gasteiger partial charge in [0, 0.05) is 19.2 Å². The van der Waals surface area contributed by atoms with E-state index < -0.39 is 23.0 Å². The van der Waals surface area contributed by atoms with Gasteiger partial charge in [0.05, 0.1) is 0 Å². The van der Waals surface area contributed by atoms with Gasteiger partial charge < -0.3 is 15.9 Å². The summed E-state index contributed by atoms with van der Waals surface area (Å²) in [6, 6.07) is 2.58. The summed E-state index contributed by atoms with van der Waals surface area (Å²) in [7, 11) is 0. The van der Waals surface area contributed by atoms with E-state index in [0.717, 1.165) is 12.1 Å². The Morgan fingerprint density at radius 2 is 1.83 bits per heavy atom. The van der Waals surface area contributed by atoms with Crippen LogP contribution >= 0.6 is 0 Å². The third-order valence-electron chi connectivity index (χ3n) is 2.93. The van der Waals surface area contributed by atoms with Gasteiger partial charge in [-0.2, -0.15) is 0 Å². The Morgan fingerprint density at radius 1 is 1.28 bits per heavy atom. The Balaban J connectivity index is 3.27. The number of aliphatic hydroxyl groups excluding tert-OH is 1. The molecule has 4 nitrogen and oxygen atoms in total. The van der Waals surface area contributed by atoms with Crippen LogP contribution in [0.1, 0.15) is 18.4 Å². The van der Waals surface area contributed by atoms with Crippen LogP contribution in [0.4, 0.5) is 8.78 Å². The number of carboxylic acids is 1. The summed E-state index contributed by atoms with van der Waals surface area (Å²) in [6.45, 7) is -0.516. The Morgan fingerprint density at radius 3 is 2.22 bits per heavy atom. The lowest BCUT2D eigenvalue weighted by Gasteiger charge is -2.28. The highest BCUT2D eigenvalue weighted by molar-refractivity contribution is 5.81. The number of hydrogen-bond donors (Lipinski definition) is 3. The average molecular weight is 259 g/mol. The minimum Gasteiger partial charge on any atom is -0.481 e. The molecule has 1 atom stereocenters. The fourth-order valence-corrected chi connectivity index (χ4v) is 1.89. The molecule has 0 heterocycles. The van der Waals surface area contributed by atoms with E-state index in [-0.39, 0.29) is 31.6 Å². The second-order valence-electron chi connectivity index (χ2n) is 4.08. The van der Waals surface area contributed by atoms with Gasteiger partial charge in [-0.1, -0.05) is 0 Å². The number of carbonyl (C=O) groups is 1. The van der Waals surface area contributed by atoms with Gasteiger partial charge in [-0.05, 0) is 30.5 Å². The lowest BCUT2D eigenvalue weighted by Crippen LogP contribution is -2.43. The minimum absolute atomic E-state index is 0.0121. The van der Waals surface area contributed by atoms with Gasteiger partial charge in [0.2, 0.25) is 0 Å². The van der Waals surface area contributed by atoms with Gasteiger partial charge in [0.1, 0.15) is 17.0 Å². The summed E-state index contributed by atoms with van der Waals surface area (Å²) in [4.78, 5) is 11.4. The molecule has 6 heteroatoms. The van der Waals surface area contributed by atoms with Gasteiger partial charge >= 0.3 is 5.97 Å². The van der Waals surface area contributed by atoms with Crippen LogP contribution in [0.15, 0.2) is 18.2 Å². The monoisotopic (exact) mass is 259 g/mol. The first kappa shape index (κ1) is 14.5. The molecular weight excluding hydrogens is 244 g/mol. The molecule has 0 spiro atoms. The summed E-state index contributed by atoms with van der Waals surface area (Å²) in [5.74, 6) is -2.97. The highest BCUT2D eigenvalue weighted by Crippen LogP contribution is 2.30. The van der Waals surface area contributed by atoms with Gasteiger partial charge in [-0.25, -0.2) is 8.78 Å². The van der Waals surface area contributed by atoms with Crippen LogP contribution in [-0.2, 0) is 10.2 Å². The molecule has 0 saturated carbocycles. The molecule has 0 fully saturated rings. The van der Waals surface area contributed by atoms with Crippen molar-refractivity contribution in [1.29, 1.82) is 0 Å². The molecule has 100 valence electrons. The number of nitrogens with two attached hydrogens (primary N) is 1. The van der Waals surface area contributed by atoms with Crippen molar-refractivity contribution in [2.24, 2.45) is 5.73 Å². The van der Waals surface area contributed by atoms with Crippen LogP contribution in [0, 0.1) is 11.6 Å². The Kier molecular flexibility index (Phi) is 4.75. The molecule has 0 aliphatic heterocycles. The highest BCUT2D eigenvalue weighted by Gasteiger charge is 2.39. The summed E-state index contributed by atoms with van der Waals surface area (Å²) in [6.07, 6.45) is 0.194. The maximum Gasteiger partial charge on any atom is 0.315 e. The van der Waals surface area contributed by atoms with E-state index in [9.17, 15) is 18.7 Å². The fourth-order valence-electron chi connectivity index (χ4n) is 1.89. The van der Waals surface area contributed by atoms with Crippen molar-refractivity contribution in [2.75, 3.05) is 13.2 Å².